The second-order valence-corrected chi connectivity index (χ2v) is 5.48. The number of nitrogens with zero attached hydrogens (tertiary/aromatic N) is 2. The first-order valence-corrected chi connectivity index (χ1v) is 7.43. The molecule has 0 amide bonds. The largest absolute Gasteiger partial charge is 0.487 e. The Morgan fingerprint density at radius 2 is 2.10 bits per heavy atom. The Kier molecular flexibility index (Phi) is 4.83. The van der Waals surface area contributed by atoms with Crippen LogP contribution in [0, 0.1) is 0 Å². The smallest absolute Gasteiger partial charge is 0.131 e. The van der Waals surface area contributed by atoms with Crippen LogP contribution in [0.4, 0.5) is 0 Å². The number of aliphatic hydroxyl groups excluding tert-OH is 1. The molecule has 5 heteroatoms. The third-order valence-corrected chi connectivity index (χ3v) is 4.15. The summed E-state index contributed by atoms with van der Waals surface area (Å²) < 4.78 is 8.68. The summed E-state index contributed by atoms with van der Waals surface area (Å²) in [4.78, 5) is 0. The topological polar surface area (TPSA) is 47.3 Å². The zero-order chi connectivity index (χ0) is 14.7. The van der Waals surface area contributed by atoms with E-state index in [0.717, 1.165) is 27.8 Å². The highest BCUT2D eigenvalue weighted by Gasteiger charge is 2.14. The van der Waals surface area contributed by atoms with Crippen LogP contribution >= 0.6 is 15.9 Å². The van der Waals surface area contributed by atoms with Gasteiger partial charge in [-0.2, -0.15) is 5.10 Å². The molecule has 20 heavy (non-hydrogen) atoms. The van der Waals surface area contributed by atoms with Crippen LogP contribution in [-0.4, -0.2) is 14.9 Å². The Bertz CT molecular complexity index is 594. The molecule has 0 saturated heterocycles. The summed E-state index contributed by atoms with van der Waals surface area (Å²) in [7, 11) is 1.91. The molecule has 108 valence electrons. The molecule has 1 aromatic carbocycles. The van der Waals surface area contributed by atoms with Crippen LogP contribution in [0.25, 0.3) is 0 Å². The van der Waals surface area contributed by atoms with E-state index in [0.29, 0.717) is 12.4 Å². The van der Waals surface area contributed by atoms with Crippen molar-refractivity contribution in [1.29, 1.82) is 0 Å². The molecule has 0 aliphatic heterocycles. The molecule has 2 aromatic rings. The van der Waals surface area contributed by atoms with Crippen LogP contribution in [0.2, 0.25) is 0 Å². The maximum atomic E-state index is 9.75. The minimum Gasteiger partial charge on any atom is -0.487 e. The summed E-state index contributed by atoms with van der Waals surface area (Å²) in [5.41, 5.74) is 2.80. The molecule has 0 unspecified atom stereocenters. The van der Waals surface area contributed by atoms with E-state index < -0.39 is 6.10 Å². The molecule has 1 atom stereocenters. The summed E-state index contributed by atoms with van der Waals surface area (Å²) in [6.45, 7) is 4.21. The highest BCUT2D eigenvalue weighted by atomic mass is 79.9. The standard InChI is InChI=1S/C15H19BrN2O2/c1-4-12-15(16)13(18(3)17-12)9-20-14-8-6-5-7-11(14)10(2)19/h5-8,10,19H,4,9H2,1-3H3/t10-/m0/s1. The van der Waals surface area contributed by atoms with Gasteiger partial charge < -0.3 is 9.84 Å². The Morgan fingerprint density at radius 3 is 2.70 bits per heavy atom. The second kappa shape index (κ2) is 6.41. The predicted molar refractivity (Wildman–Crippen MR) is 81.7 cm³/mol. The van der Waals surface area contributed by atoms with Crippen molar-refractivity contribution in [3.63, 3.8) is 0 Å². The van der Waals surface area contributed by atoms with Gasteiger partial charge in [-0.25, -0.2) is 0 Å². The Hall–Kier alpha value is -1.33. The number of hydrogen-bond donors (Lipinski definition) is 1. The fraction of sp³-hybridized carbons (Fsp3) is 0.400. The molecule has 0 bridgehead atoms. The molecule has 0 fully saturated rings. The second-order valence-electron chi connectivity index (χ2n) is 4.69. The lowest BCUT2D eigenvalue weighted by Gasteiger charge is -2.13. The number of aliphatic hydroxyl groups is 1. The number of ether oxygens (including phenoxy) is 1. The molecule has 4 nitrogen and oxygen atoms in total. The van der Waals surface area contributed by atoms with Gasteiger partial charge in [-0.05, 0) is 35.3 Å². The van der Waals surface area contributed by atoms with Crippen molar-refractivity contribution in [3.05, 3.63) is 45.7 Å². The van der Waals surface area contributed by atoms with Crippen LogP contribution in [0.3, 0.4) is 0 Å². The van der Waals surface area contributed by atoms with Crippen molar-refractivity contribution in [3.8, 4) is 5.75 Å². The molecule has 1 aromatic heterocycles. The van der Waals surface area contributed by atoms with Crippen LogP contribution in [-0.2, 0) is 20.1 Å². The number of benzene rings is 1. The van der Waals surface area contributed by atoms with Gasteiger partial charge in [0.25, 0.3) is 0 Å². The number of halogens is 1. The number of para-hydroxylation sites is 1. The van der Waals surface area contributed by atoms with Crippen molar-refractivity contribution >= 4 is 15.9 Å². The van der Waals surface area contributed by atoms with E-state index in [2.05, 4.69) is 28.0 Å². The molecular weight excluding hydrogens is 320 g/mol. The van der Waals surface area contributed by atoms with Gasteiger partial charge >= 0.3 is 0 Å². The van der Waals surface area contributed by atoms with Crippen molar-refractivity contribution in [2.24, 2.45) is 7.05 Å². The van der Waals surface area contributed by atoms with E-state index in [1.807, 2.05) is 36.0 Å². The molecule has 1 N–H and O–H groups in total. The van der Waals surface area contributed by atoms with Crippen molar-refractivity contribution in [2.45, 2.75) is 33.0 Å². The minimum absolute atomic E-state index is 0.411. The van der Waals surface area contributed by atoms with Gasteiger partial charge in [-0.1, -0.05) is 25.1 Å². The lowest BCUT2D eigenvalue weighted by atomic mass is 10.1. The molecule has 2 rings (SSSR count). The predicted octanol–water partition coefficient (Wildman–Crippen LogP) is 3.38. The molecular formula is C15H19BrN2O2. The van der Waals surface area contributed by atoms with Crippen molar-refractivity contribution in [1.82, 2.24) is 9.78 Å². The van der Waals surface area contributed by atoms with E-state index >= 15 is 0 Å². The van der Waals surface area contributed by atoms with Gasteiger partial charge in [-0.3, -0.25) is 4.68 Å². The molecule has 1 heterocycles. The van der Waals surface area contributed by atoms with Crippen molar-refractivity contribution < 1.29 is 9.84 Å². The molecule has 0 spiro atoms. The SMILES string of the molecule is CCc1nn(C)c(COc2ccccc2[C@H](C)O)c1Br. The number of rotatable bonds is 5. The van der Waals surface area contributed by atoms with E-state index in [-0.39, 0.29) is 0 Å². The number of aryl methyl sites for hydroxylation is 2. The van der Waals surface area contributed by atoms with Crippen molar-refractivity contribution in [2.75, 3.05) is 0 Å². The number of aromatic nitrogens is 2. The van der Waals surface area contributed by atoms with Gasteiger partial charge in [-0.15, -0.1) is 0 Å². The van der Waals surface area contributed by atoms with E-state index in [9.17, 15) is 5.11 Å². The average molecular weight is 339 g/mol. The fourth-order valence-corrected chi connectivity index (χ4v) is 2.81. The van der Waals surface area contributed by atoms with Gasteiger partial charge in [0.05, 0.1) is 22.0 Å². The third-order valence-electron chi connectivity index (χ3n) is 3.24. The van der Waals surface area contributed by atoms with Crippen LogP contribution in [0.15, 0.2) is 28.7 Å². The Labute approximate surface area is 127 Å². The van der Waals surface area contributed by atoms with Gasteiger partial charge in [0.2, 0.25) is 0 Å². The van der Waals surface area contributed by atoms with Crippen LogP contribution in [0.5, 0.6) is 5.75 Å². The summed E-state index contributed by atoms with van der Waals surface area (Å²) in [6.07, 6.45) is 0.325. The maximum absolute atomic E-state index is 9.75. The van der Waals surface area contributed by atoms with Gasteiger partial charge in [0, 0.05) is 12.6 Å². The van der Waals surface area contributed by atoms with Gasteiger partial charge in [0.1, 0.15) is 12.4 Å². The van der Waals surface area contributed by atoms with E-state index in [1.54, 1.807) is 6.92 Å². The highest BCUT2D eigenvalue weighted by molar-refractivity contribution is 9.10. The molecule has 0 aliphatic rings. The van der Waals surface area contributed by atoms with E-state index in [4.69, 9.17) is 4.74 Å². The monoisotopic (exact) mass is 338 g/mol. The average Bonchev–Trinajstić information content (AvgIpc) is 2.71. The Balaban J connectivity index is 2.19. The Morgan fingerprint density at radius 1 is 1.40 bits per heavy atom. The molecule has 0 radical (unpaired) electrons. The lowest BCUT2D eigenvalue weighted by molar-refractivity contribution is 0.189. The summed E-state index contributed by atoms with van der Waals surface area (Å²) in [5.74, 6) is 0.702. The van der Waals surface area contributed by atoms with Crippen LogP contribution in [0.1, 0.15) is 36.9 Å². The zero-order valence-electron chi connectivity index (χ0n) is 11.9. The first-order valence-electron chi connectivity index (χ1n) is 6.64. The fourth-order valence-electron chi connectivity index (χ4n) is 2.08. The zero-order valence-corrected chi connectivity index (χ0v) is 13.5. The van der Waals surface area contributed by atoms with Crippen LogP contribution < -0.4 is 4.74 Å². The summed E-state index contributed by atoms with van der Waals surface area (Å²) >= 11 is 3.57. The first kappa shape index (κ1) is 15.1. The summed E-state index contributed by atoms with van der Waals surface area (Å²) in [5, 5.41) is 14.2. The summed E-state index contributed by atoms with van der Waals surface area (Å²) in [6, 6.07) is 7.53. The minimum atomic E-state index is -0.549. The van der Waals surface area contributed by atoms with E-state index in [1.165, 1.54) is 0 Å². The molecule has 0 saturated carbocycles. The maximum Gasteiger partial charge on any atom is 0.131 e. The number of hydrogen-bond acceptors (Lipinski definition) is 3. The molecule has 0 aliphatic carbocycles. The first-order chi connectivity index (χ1) is 9.54. The van der Waals surface area contributed by atoms with Gasteiger partial charge in [0.15, 0.2) is 0 Å². The quantitative estimate of drug-likeness (QED) is 0.908. The lowest BCUT2D eigenvalue weighted by Crippen LogP contribution is -2.05. The highest BCUT2D eigenvalue weighted by Crippen LogP contribution is 2.27. The third kappa shape index (κ3) is 3.04. The normalized spacial score (nSPS) is 12.4.